The Kier molecular flexibility index (Phi) is 4.84. The third-order valence-corrected chi connectivity index (χ3v) is 3.86. The molecule has 1 N–H and O–H groups in total. The Bertz CT molecular complexity index is 868. The number of hydrogen-bond donors (Lipinski definition) is 1. The summed E-state index contributed by atoms with van der Waals surface area (Å²) in [5.74, 6) is 0.743. The predicted octanol–water partition coefficient (Wildman–Crippen LogP) is 3.56. The van der Waals surface area contributed by atoms with E-state index in [1.807, 2.05) is 86.7 Å². The molecule has 25 heavy (non-hydrogen) atoms. The molecule has 0 aliphatic heterocycles. The molecule has 1 heterocycles. The van der Waals surface area contributed by atoms with Gasteiger partial charge in [-0.2, -0.15) is 5.10 Å². The molecule has 0 aliphatic carbocycles. The first kappa shape index (κ1) is 16.8. The standard InChI is InChI=1S/C20H22N4O/c1-15-8-7-11-17(12-15)21-19(25)14-24-13-18(20(22-24)23(2)3)16-9-5-4-6-10-16/h4-13H,14H2,1-3H3,(H,21,25). The van der Waals surface area contributed by atoms with Crippen LogP contribution in [0, 0.1) is 6.92 Å². The van der Waals surface area contributed by atoms with Crippen molar-refractivity contribution < 1.29 is 4.79 Å². The highest BCUT2D eigenvalue weighted by molar-refractivity contribution is 5.90. The Labute approximate surface area is 147 Å². The molecule has 128 valence electrons. The Morgan fingerprint density at radius 3 is 2.56 bits per heavy atom. The fraction of sp³-hybridized carbons (Fsp3) is 0.200. The van der Waals surface area contributed by atoms with Crippen molar-refractivity contribution in [3.8, 4) is 11.1 Å². The smallest absolute Gasteiger partial charge is 0.246 e. The van der Waals surface area contributed by atoms with E-state index in [-0.39, 0.29) is 12.5 Å². The highest BCUT2D eigenvalue weighted by Crippen LogP contribution is 2.28. The van der Waals surface area contributed by atoms with E-state index in [1.54, 1.807) is 4.68 Å². The molecule has 5 nitrogen and oxygen atoms in total. The van der Waals surface area contributed by atoms with Crippen LogP contribution >= 0.6 is 0 Å². The lowest BCUT2D eigenvalue weighted by Crippen LogP contribution is -2.19. The summed E-state index contributed by atoms with van der Waals surface area (Å²) >= 11 is 0. The van der Waals surface area contributed by atoms with Gasteiger partial charge >= 0.3 is 0 Å². The molecular formula is C20H22N4O. The summed E-state index contributed by atoms with van der Waals surface area (Å²) < 4.78 is 1.68. The predicted molar refractivity (Wildman–Crippen MR) is 102 cm³/mol. The number of nitrogens with one attached hydrogen (secondary N) is 1. The Morgan fingerprint density at radius 1 is 1.12 bits per heavy atom. The first-order valence-electron chi connectivity index (χ1n) is 8.19. The molecule has 3 aromatic rings. The van der Waals surface area contributed by atoms with Gasteiger partial charge < -0.3 is 10.2 Å². The van der Waals surface area contributed by atoms with Crippen LogP contribution in [0.15, 0.2) is 60.8 Å². The van der Waals surface area contributed by atoms with Gasteiger partial charge in [0.25, 0.3) is 0 Å². The van der Waals surface area contributed by atoms with Gasteiger partial charge in [-0.05, 0) is 30.2 Å². The topological polar surface area (TPSA) is 50.2 Å². The molecule has 0 spiro atoms. The van der Waals surface area contributed by atoms with Crippen molar-refractivity contribution in [3.05, 3.63) is 66.4 Å². The van der Waals surface area contributed by atoms with Crippen molar-refractivity contribution in [2.45, 2.75) is 13.5 Å². The van der Waals surface area contributed by atoms with E-state index in [2.05, 4.69) is 10.4 Å². The van der Waals surface area contributed by atoms with Gasteiger partial charge in [0.15, 0.2) is 5.82 Å². The zero-order valence-electron chi connectivity index (χ0n) is 14.7. The lowest BCUT2D eigenvalue weighted by atomic mass is 10.1. The van der Waals surface area contributed by atoms with Crippen LogP contribution in [0.1, 0.15) is 5.56 Å². The lowest BCUT2D eigenvalue weighted by Gasteiger charge is -2.11. The number of aromatic nitrogens is 2. The van der Waals surface area contributed by atoms with Crippen molar-refractivity contribution in [1.82, 2.24) is 9.78 Å². The second kappa shape index (κ2) is 7.21. The molecular weight excluding hydrogens is 312 g/mol. The van der Waals surface area contributed by atoms with Gasteiger partial charge in [0.2, 0.25) is 5.91 Å². The molecule has 0 saturated heterocycles. The second-order valence-corrected chi connectivity index (χ2v) is 6.24. The minimum Gasteiger partial charge on any atom is -0.361 e. The first-order chi connectivity index (χ1) is 12.0. The summed E-state index contributed by atoms with van der Waals surface area (Å²) in [7, 11) is 3.90. The molecule has 0 radical (unpaired) electrons. The molecule has 5 heteroatoms. The average molecular weight is 334 g/mol. The second-order valence-electron chi connectivity index (χ2n) is 6.24. The Hall–Kier alpha value is -3.08. The molecule has 2 aromatic carbocycles. The summed E-state index contributed by atoms with van der Waals surface area (Å²) in [4.78, 5) is 14.3. The van der Waals surface area contributed by atoms with E-state index in [9.17, 15) is 4.79 Å². The molecule has 3 rings (SSSR count). The highest BCUT2D eigenvalue weighted by atomic mass is 16.2. The number of nitrogens with zero attached hydrogens (tertiary/aromatic N) is 3. The van der Waals surface area contributed by atoms with E-state index in [0.29, 0.717) is 0 Å². The summed E-state index contributed by atoms with van der Waals surface area (Å²) in [5, 5.41) is 7.48. The molecule has 0 bridgehead atoms. The first-order valence-corrected chi connectivity index (χ1v) is 8.19. The van der Waals surface area contributed by atoms with E-state index in [4.69, 9.17) is 0 Å². The Balaban J connectivity index is 1.80. The molecule has 0 unspecified atom stereocenters. The van der Waals surface area contributed by atoms with Gasteiger partial charge in [-0.3, -0.25) is 9.48 Å². The van der Waals surface area contributed by atoms with Gasteiger partial charge in [-0.25, -0.2) is 0 Å². The summed E-state index contributed by atoms with van der Waals surface area (Å²) in [6, 6.07) is 17.8. The quantitative estimate of drug-likeness (QED) is 0.776. The summed E-state index contributed by atoms with van der Waals surface area (Å²) in [5.41, 5.74) is 4.00. The van der Waals surface area contributed by atoms with Crippen LogP contribution in [0.25, 0.3) is 11.1 Å². The number of carbonyl (C=O) groups excluding carboxylic acids is 1. The molecule has 0 aliphatic rings. The van der Waals surface area contributed by atoms with E-state index >= 15 is 0 Å². The van der Waals surface area contributed by atoms with Gasteiger partial charge in [0, 0.05) is 31.5 Å². The number of aryl methyl sites for hydroxylation is 1. The third kappa shape index (κ3) is 4.07. The highest BCUT2D eigenvalue weighted by Gasteiger charge is 2.14. The van der Waals surface area contributed by atoms with E-state index in [0.717, 1.165) is 28.2 Å². The molecule has 1 aromatic heterocycles. The maximum Gasteiger partial charge on any atom is 0.246 e. The van der Waals surface area contributed by atoms with Crippen LogP contribution in [0.5, 0.6) is 0 Å². The van der Waals surface area contributed by atoms with Gasteiger partial charge in [-0.15, -0.1) is 0 Å². The minimum atomic E-state index is -0.0991. The zero-order valence-corrected chi connectivity index (χ0v) is 14.7. The number of amides is 1. The SMILES string of the molecule is Cc1cccc(NC(=O)Cn2cc(-c3ccccc3)c(N(C)C)n2)c1. The van der Waals surface area contributed by atoms with Gasteiger partial charge in [0.1, 0.15) is 6.54 Å². The third-order valence-electron chi connectivity index (χ3n) is 3.86. The van der Waals surface area contributed by atoms with Crippen LogP contribution in [0.3, 0.4) is 0 Å². The van der Waals surface area contributed by atoms with Crippen LogP contribution in [0.4, 0.5) is 11.5 Å². The maximum absolute atomic E-state index is 12.3. The lowest BCUT2D eigenvalue weighted by molar-refractivity contribution is -0.116. The number of benzene rings is 2. The fourth-order valence-corrected chi connectivity index (χ4v) is 2.71. The monoisotopic (exact) mass is 334 g/mol. The van der Waals surface area contributed by atoms with Crippen LogP contribution < -0.4 is 10.2 Å². The van der Waals surface area contributed by atoms with E-state index < -0.39 is 0 Å². The van der Waals surface area contributed by atoms with Crippen molar-refractivity contribution in [2.24, 2.45) is 0 Å². The molecule has 0 atom stereocenters. The van der Waals surface area contributed by atoms with Crippen LogP contribution in [0.2, 0.25) is 0 Å². The zero-order chi connectivity index (χ0) is 17.8. The maximum atomic E-state index is 12.3. The van der Waals surface area contributed by atoms with Crippen LogP contribution in [-0.2, 0) is 11.3 Å². The number of anilines is 2. The van der Waals surface area contributed by atoms with Gasteiger partial charge in [0.05, 0.1) is 0 Å². The molecule has 0 fully saturated rings. The van der Waals surface area contributed by atoms with Crippen molar-refractivity contribution in [1.29, 1.82) is 0 Å². The fourth-order valence-electron chi connectivity index (χ4n) is 2.71. The summed E-state index contributed by atoms with van der Waals surface area (Å²) in [6.07, 6.45) is 1.92. The summed E-state index contributed by atoms with van der Waals surface area (Å²) in [6.45, 7) is 2.17. The normalized spacial score (nSPS) is 10.5. The van der Waals surface area contributed by atoms with Crippen LogP contribution in [-0.4, -0.2) is 29.8 Å². The van der Waals surface area contributed by atoms with Crippen molar-refractivity contribution in [2.75, 3.05) is 24.3 Å². The Morgan fingerprint density at radius 2 is 1.88 bits per heavy atom. The number of hydrogen-bond acceptors (Lipinski definition) is 3. The van der Waals surface area contributed by atoms with E-state index in [1.165, 1.54) is 0 Å². The van der Waals surface area contributed by atoms with Gasteiger partial charge in [-0.1, -0.05) is 42.5 Å². The van der Waals surface area contributed by atoms with Crippen molar-refractivity contribution >= 4 is 17.4 Å². The minimum absolute atomic E-state index is 0.0991. The number of carbonyl (C=O) groups is 1. The molecule has 1 amide bonds. The molecule has 0 saturated carbocycles. The number of rotatable bonds is 5. The largest absolute Gasteiger partial charge is 0.361 e. The van der Waals surface area contributed by atoms with Crippen molar-refractivity contribution in [3.63, 3.8) is 0 Å². The average Bonchev–Trinajstić information content (AvgIpc) is 2.99.